The summed E-state index contributed by atoms with van der Waals surface area (Å²) in [7, 11) is 0. The lowest BCUT2D eigenvalue weighted by Gasteiger charge is -2.01. The van der Waals surface area contributed by atoms with Crippen molar-refractivity contribution in [1.82, 2.24) is 15.5 Å². The van der Waals surface area contributed by atoms with Crippen LogP contribution in [0.15, 0.2) is 12.2 Å². The Balaban J connectivity index is 1.94. The molecule has 1 amide bonds. The molecular weight excluding hydrogens is 216 g/mol. The highest BCUT2D eigenvalue weighted by atomic mass is 16.1. The first-order chi connectivity index (χ1) is 8.24. The molecule has 2 rings (SSSR count). The minimum absolute atomic E-state index is 0.199. The van der Waals surface area contributed by atoms with Crippen molar-refractivity contribution in [3.63, 3.8) is 0 Å². The van der Waals surface area contributed by atoms with Crippen LogP contribution in [0.2, 0.25) is 0 Å². The Morgan fingerprint density at radius 2 is 2.41 bits per heavy atom. The number of allylic oxidation sites excluding steroid dienone is 1. The summed E-state index contributed by atoms with van der Waals surface area (Å²) in [6.45, 7) is 2.56. The monoisotopic (exact) mass is 234 g/mol. The number of anilines is 1. The highest BCUT2D eigenvalue weighted by molar-refractivity contribution is 5.97. The van der Waals surface area contributed by atoms with Crippen LogP contribution in [0.1, 0.15) is 48.3 Å². The number of hydrogen-bond donors (Lipinski definition) is 3. The number of nitrogens with one attached hydrogen (secondary N) is 2. The predicted molar refractivity (Wildman–Crippen MR) is 66.7 cm³/mol. The second kappa shape index (κ2) is 5.03. The predicted octanol–water partition coefficient (Wildman–Crippen LogP) is 1.57. The number of H-pyrrole nitrogens is 1. The Kier molecular flexibility index (Phi) is 3.46. The molecule has 4 N–H and O–H groups in total. The maximum absolute atomic E-state index is 11.8. The van der Waals surface area contributed by atoms with Gasteiger partial charge in [0.1, 0.15) is 0 Å². The molecule has 0 atom stereocenters. The number of carbonyl (C=O) groups excluding carboxylic acids is 1. The van der Waals surface area contributed by atoms with Gasteiger partial charge in [0, 0.05) is 12.5 Å². The van der Waals surface area contributed by atoms with Gasteiger partial charge in [0.2, 0.25) is 0 Å². The third-order valence-electron chi connectivity index (χ3n) is 2.87. The van der Waals surface area contributed by atoms with E-state index in [4.69, 9.17) is 5.73 Å². The molecule has 92 valence electrons. The molecule has 1 heterocycles. The number of amides is 1. The first kappa shape index (κ1) is 11.7. The van der Waals surface area contributed by atoms with E-state index in [1.165, 1.54) is 0 Å². The van der Waals surface area contributed by atoms with Gasteiger partial charge in [0.25, 0.3) is 5.91 Å². The molecule has 0 bridgehead atoms. The molecule has 1 aliphatic rings. The lowest BCUT2D eigenvalue weighted by Crippen LogP contribution is -2.25. The van der Waals surface area contributed by atoms with Crippen molar-refractivity contribution in [3.05, 3.63) is 23.5 Å². The quantitative estimate of drug-likeness (QED) is 0.534. The molecule has 1 fully saturated rings. The van der Waals surface area contributed by atoms with Crippen molar-refractivity contribution in [2.24, 2.45) is 0 Å². The van der Waals surface area contributed by atoms with Crippen molar-refractivity contribution in [2.45, 2.75) is 32.1 Å². The van der Waals surface area contributed by atoms with Crippen LogP contribution in [0.5, 0.6) is 0 Å². The summed E-state index contributed by atoms with van der Waals surface area (Å²) in [5.41, 5.74) is 7.66. The summed E-state index contributed by atoms with van der Waals surface area (Å²) >= 11 is 0. The summed E-state index contributed by atoms with van der Waals surface area (Å²) in [5.74, 6) is 0.280. The van der Waals surface area contributed by atoms with Crippen molar-refractivity contribution in [2.75, 3.05) is 12.3 Å². The zero-order valence-electron chi connectivity index (χ0n) is 9.99. The highest BCUT2D eigenvalue weighted by Crippen LogP contribution is 2.42. The number of nitrogen functional groups attached to an aromatic ring is 1. The summed E-state index contributed by atoms with van der Waals surface area (Å²) in [4.78, 5) is 11.8. The van der Waals surface area contributed by atoms with E-state index in [9.17, 15) is 4.79 Å². The zero-order valence-corrected chi connectivity index (χ0v) is 9.99. The molecule has 0 spiro atoms. The van der Waals surface area contributed by atoms with Gasteiger partial charge in [-0.25, -0.2) is 0 Å². The smallest absolute Gasteiger partial charge is 0.273 e. The molecule has 0 radical (unpaired) electrons. The van der Waals surface area contributed by atoms with Crippen LogP contribution < -0.4 is 11.1 Å². The summed E-state index contributed by atoms with van der Waals surface area (Å²) in [6, 6.07) is 0. The maximum Gasteiger partial charge on any atom is 0.273 e. The minimum Gasteiger partial charge on any atom is -0.395 e. The first-order valence-electron chi connectivity index (χ1n) is 5.97. The van der Waals surface area contributed by atoms with Crippen LogP contribution in [0.3, 0.4) is 0 Å². The molecule has 1 aliphatic carbocycles. The van der Waals surface area contributed by atoms with Crippen LogP contribution in [-0.2, 0) is 0 Å². The number of aromatic amines is 1. The second-order valence-electron chi connectivity index (χ2n) is 4.29. The van der Waals surface area contributed by atoms with E-state index in [1.807, 2.05) is 19.1 Å². The number of aromatic nitrogens is 2. The average molecular weight is 234 g/mol. The Morgan fingerprint density at radius 1 is 1.65 bits per heavy atom. The van der Waals surface area contributed by atoms with Crippen LogP contribution in [0.4, 0.5) is 5.69 Å². The lowest BCUT2D eigenvalue weighted by molar-refractivity contribution is 0.0950. The van der Waals surface area contributed by atoms with E-state index in [0.717, 1.165) is 25.0 Å². The number of nitrogens with two attached hydrogens (primary N) is 1. The number of nitrogens with zero attached hydrogens (tertiary/aromatic N) is 1. The Labute approximate surface area is 100 Å². The molecule has 5 heteroatoms. The Bertz CT molecular complexity index is 432. The molecule has 5 nitrogen and oxygen atoms in total. The average Bonchev–Trinajstić information content (AvgIpc) is 3.08. The van der Waals surface area contributed by atoms with E-state index >= 15 is 0 Å². The minimum atomic E-state index is -0.199. The van der Waals surface area contributed by atoms with E-state index < -0.39 is 0 Å². The maximum atomic E-state index is 11.8. The normalized spacial score (nSPS) is 15.4. The molecule has 0 aromatic carbocycles. The number of hydrogen-bond acceptors (Lipinski definition) is 3. The van der Waals surface area contributed by atoms with Gasteiger partial charge in [-0.3, -0.25) is 9.89 Å². The molecule has 17 heavy (non-hydrogen) atoms. The molecule has 1 saturated carbocycles. The topological polar surface area (TPSA) is 83.8 Å². The molecule has 0 unspecified atom stereocenters. The molecule has 0 aliphatic heterocycles. The Morgan fingerprint density at radius 3 is 3.06 bits per heavy atom. The lowest BCUT2D eigenvalue weighted by atomic mass is 10.2. The van der Waals surface area contributed by atoms with E-state index in [2.05, 4.69) is 15.5 Å². The first-order valence-corrected chi connectivity index (χ1v) is 5.97. The van der Waals surface area contributed by atoms with Crippen molar-refractivity contribution in [3.8, 4) is 0 Å². The highest BCUT2D eigenvalue weighted by Gasteiger charge is 2.30. The molecule has 1 aromatic heterocycles. The van der Waals surface area contributed by atoms with Gasteiger partial charge >= 0.3 is 0 Å². The fourth-order valence-corrected chi connectivity index (χ4v) is 1.74. The summed E-state index contributed by atoms with van der Waals surface area (Å²) in [6.07, 6.45) is 7.05. The van der Waals surface area contributed by atoms with Crippen LogP contribution in [0.25, 0.3) is 0 Å². The third-order valence-corrected chi connectivity index (χ3v) is 2.87. The van der Waals surface area contributed by atoms with Crippen LogP contribution in [-0.4, -0.2) is 22.6 Å². The molecule has 0 saturated heterocycles. The van der Waals surface area contributed by atoms with Gasteiger partial charge in [-0.1, -0.05) is 12.2 Å². The van der Waals surface area contributed by atoms with Crippen molar-refractivity contribution < 1.29 is 4.79 Å². The van der Waals surface area contributed by atoms with Gasteiger partial charge in [-0.2, -0.15) is 5.10 Å². The van der Waals surface area contributed by atoms with Gasteiger partial charge in [0.15, 0.2) is 5.69 Å². The van der Waals surface area contributed by atoms with Crippen molar-refractivity contribution >= 4 is 11.6 Å². The number of carbonyl (C=O) groups is 1. The SMILES string of the molecule is C/C=C/CCNC(=O)c1n[nH]c(C2CC2)c1N. The van der Waals surface area contributed by atoms with E-state index in [-0.39, 0.29) is 5.91 Å². The molecular formula is C12H18N4O. The van der Waals surface area contributed by atoms with E-state index in [1.54, 1.807) is 0 Å². The molecule has 1 aromatic rings. The third kappa shape index (κ3) is 2.67. The van der Waals surface area contributed by atoms with E-state index in [0.29, 0.717) is 23.8 Å². The van der Waals surface area contributed by atoms with Gasteiger partial charge in [0.05, 0.1) is 11.4 Å². The number of rotatable bonds is 5. The van der Waals surface area contributed by atoms with Gasteiger partial charge < -0.3 is 11.1 Å². The standard InChI is InChI=1S/C12H18N4O/c1-2-3-4-7-14-12(17)11-9(13)10(15-16-11)8-5-6-8/h2-3,8H,4-7,13H2,1H3,(H,14,17)(H,15,16)/b3-2+. The summed E-state index contributed by atoms with van der Waals surface area (Å²) in [5, 5.41) is 9.66. The zero-order chi connectivity index (χ0) is 12.3. The Hall–Kier alpha value is -1.78. The second-order valence-corrected chi connectivity index (χ2v) is 4.29. The van der Waals surface area contributed by atoms with Gasteiger partial charge in [-0.15, -0.1) is 0 Å². The van der Waals surface area contributed by atoms with Crippen LogP contribution >= 0.6 is 0 Å². The largest absolute Gasteiger partial charge is 0.395 e. The fourth-order valence-electron chi connectivity index (χ4n) is 1.74. The summed E-state index contributed by atoms with van der Waals surface area (Å²) < 4.78 is 0. The van der Waals surface area contributed by atoms with Gasteiger partial charge in [-0.05, 0) is 26.2 Å². The fraction of sp³-hybridized carbons (Fsp3) is 0.500. The van der Waals surface area contributed by atoms with Crippen molar-refractivity contribution in [1.29, 1.82) is 0 Å². The van der Waals surface area contributed by atoms with Crippen LogP contribution in [0, 0.1) is 0 Å².